The second-order valence-electron chi connectivity index (χ2n) is 12.2. The van der Waals surface area contributed by atoms with Crippen LogP contribution in [0.5, 0.6) is 0 Å². The van der Waals surface area contributed by atoms with Crippen LogP contribution in [-0.2, 0) is 4.79 Å². The Hall–Kier alpha value is -3.00. The number of nitrogens with zero attached hydrogens (tertiary/aromatic N) is 4. The van der Waals surface area contributed by atoms with E-state index in [-0.39, 0.29) is 11.3 Å². The van der Waals surface area contributed by atoms with E-state index >= 15 is 0 Å². The molecule has 2 saturated heterocycles. The molecule has 3 fully saturated rings. The van der Waals surface area contributed by atoms with Gasteiger partial charge in [0.15, 0.2) is 29.9 Å². The van der Waals surface area contributed by atoms with E-state index in [2.05, 4.69) is 65.8 Å². The Morgan fingerprint density at radius 1 is 1.13 bits per heavy atom. The van der Waals surface area contributed by atoms with E-state index in [4.69, 9.17) is 0 Å². The van der Waals surface area contributed by atoms with Gasteiger partial charge in [-0.15, -0.1) is 11.3 Å². The van der Waals surface area contributed by atoms with Crippen LogP contribution in [0.1, 0.15) is 84.9 Å². The van der Waals surface area contributed by atoms with Crippen LogP contribution in [0.4, 0.5) is 0 Å². The largest absolute Gasteiger partial charge is 0.355 e. The summed E-state index contributed by atoms with van der Waals surface area (Å²) in [6, 6.07) is 0. The minimum absolute atomic E-state index is 0.0900. The minimum Gasteiger partial charge on any atom is -0.355 e. The van der Waals surface area contributed by atoms with Crippen molar-refractivity contribution in [2.75, 3.05) is 19.6 Å². The number of rotatable bonds is 3. The Kier molecular flexibility index (Phi) is 5.38. The summed E-state index contributed by atoms with van der Waals surface area (Å²) in [7, 11) is 0. The summed E-state index contributed by atoms with van der Waals surface area (Å²) in [4.78, 5) is 23.4. The van der Waals surface area contributed by atoms with Gasteiger partial charge in [0.2, 0.25) is 5.91 Å². The van der Waals surface area contributed by atoms with E-state index in [9.17, 15) is 4.79 Å². The Morgan fingerprint density at radius 3 is 2.58 bits per heavy atom. The highest BCUT2D eigenvalue weighted by molar-refractivity contribution is 7.19. The number of H-pyrrole nitrogens is 1. The lowest BCUT2D eigenvalue weighted by molar-refractivity contribution is -0.619. The first kappa shape index (κ1) is 24.1. The molecule has 0 aromatic carbocycles. The fourth-order valence-corrected chi connectivity index (χ4v) is 8.73. The van der Waals surface area contributed by atoms with Crippen molar-refractivity contribution >= 4 is 38.8 Å². The molecule has 7 nitrogen and oxygen atoms in total. The quantitative estimate of drug-likeness (QED) is 0.338. The second kappa shape index (κ2) is 8.50. The maximum atomic E-state index is 12.3. The number of carbonyl (C=O) groups excluding carboxylic acids is 1. The fraction of sp³-hybridized carbons (Fsp3) is 0.533. The van der Waals surface area contributed by atoms with E-state index in [0.717, 1.165) is 44.5 Å². The molecule has 4 aromatic heterocycles. The number of aryl methyl sites for hydroxylation is 2. The molecule has 6 heterocycles. The average molecular weight is 530 g/mol. The van der Waals surface area contributed by atoms with Crippen molar-refractivity contribution < 1.29 is 9.37 Å². The molecule has 0 atom stereocenters. The third-order valence-electron chi connectivity index (χ3n) is 9.67. The molecule has 1 aliphatic carbocycles. The van der Waals surface area contributed by atoms with Crippen molar-refractivity contribution in [1.82, 2.24) is 24.9 Å². The first-order valence-electron chi connectivity index (χ1n) is 14.1. The fourth-order valence-electron chi connectivity index (χ4n) is 7.34. The summed E-state index contributed by atoms with van der Waals surface area (Å²) in [5.41, 5.74) is 10.2. The monoisotopic (exact) mass is 529 g/mol. The van der Waals surface area contributed by atoms with E-state index < -0.39 is 0 Å². The van der Waals surface area contributed by atoms with Crippen LogP contribution < -0.4 is 5.32 Å². The normalized spacial score (nSPS) is 23.8. The number of hydrogen-bond donors (Lipinski definition) is 2. The molecule has 198 valence electrons. The Labute approximate surface area is 227 Å². The second-order valence-corrected chi connectivity index (χ2v) is 13.2. The van der Waals surface area contributed by atoms with Gasteiger partial charge >= 0.3 is 0 Å². The van der Waals surface area contributed by atoms with E-state index in [1.807, 2.05) is 15.9 Å². The zero-order chi connectivity index (χ0) is 26.3. The number of pyridine rings is 1. The van der Waals surface area contributed by atoms with Crippen LogP contribution in [0.15, 0.2) is 12.5 Å². The molecular formula is C30H37N6OS+. The van der Waals surface area contributed by atoms with Gasteiger partial charge < -0.3 is 10.3 Å². The van der Waals surface area contributed by atoms with Gasteiger partial charge in [-0.3, -0.25) is 4.79 Å². The molecule has 2 aliphatic heterocycles. The van der Waals surface area contributed by atoms with Gasteiger partial charge in [-0.05, 0) is 74.1 Å². The average Bonchev–Trinajstić information content (AvgIpc) is 3.64. The van der Waals surface area contributed by atoms with Gasteiger partial charge in [0.1, 0.15) is 11.2 Å². The van der Waals surface area contributed by atoms with Crippen molar-refractivity contribution in [3.8, 4) is 11.3 Å². The van der Waals surface area contributed by atoms with Crippen LogP contribution in [0, 0.1) is 26.2 Å². The molecular weight excluding hydrogens is 492 g/mol. The third-order valence-corrected chi connectivity index (χ3v) is 11.0. The first-order chi connectivity index (χ1) is 18.3. The molecule has 7 rings (SSSR count). The predicted octanol–water partition coefficient (Wildman–Crippen LogP) is 5.62. The molecule has 1 amide bonds. The summed E-state index contributed by atoms with van der Waals surface area (Å²) in [6.45, 7) is 14.0. The van der Waals surface area contributed by atoms with Crippen LogP contribution in [-0.4, -0.2) is 55.4 Å². The number of fused-ring (bicyclic) bond motifs is 2. The first-order valence-corrected chi connectivity index (χ1v) is 14.9. The number of aromatic nitrogens is 4. The van der Waals surface area contributed by atoms with E-state index in [0.29, 0.717) is 11.8 Å². The molecule has 3 aliphatic rings. The number of amides is 1. The summed E-state index contributed by atoms with van der Waals surface area (Å²) >= 11 is 1.97. The van der Waals surface area contributed by atoms with Crippen molar-refractivity contribution in [2.45, 2.75) is 78.6 Å². The van der Waals surface area contributed by atoms with E-state index in [1.54, 1.807) is 16.9 Å². The highest BCUT2D eigenvalue weighted by Crippen LogP contribution is 2.47. The molecule has 0 radical (unpaired) electrons. The maximum Gasteiger partial charge on any atom is 0.239 e. The molecule has 4 aromatic rings. The summed E-state index contributed by atoms with van der Waals surface area (Å²) in [5, 5.41) is 8.90. The van der Waals surface area contributed by atoms with Crippen molar-refractivity contribution in [3.05, 3.63) is 39.7 Å². The van der Waals surface area contributed by atoms with Gasteiger partial charge in [-0.1, -0.05) is 13.8 Å². The Balaban J connectivity index is 1.20. The van der Waals surface area contributed by atoms with Crippen LogP contribution >= 0.6 is 11.3 Å². The highest BCUT2D eigenvalue weighted by atomic mass is 32.1. The molecule has 0 bridgehead atoms. The predicted molar refractivity (Wildman–Crippen MR) is 153 cm³/mol. The molecule has 1 saturated carbocycles. The number of aromatic amines is 1. The Morgan fingerprint density at radius 2 is 1.89 bits per heavy atom. The van der Waals surface area contributed by atoms with Crippen LogP contribution in [0.3, 0.4) is 0 Å². The Bertz CT molecular complexity index is 1630. The van der Waals surface area contributed by atoms with Crippen molar-refractivity contribution in [3.63, 3.8) is 0 Å². The maximum absolute atomic E-state index is 12.3. The smallest absolute Gasteiger partial charge is 0.239 e. The van der Waals surface area contributed by atoms with E-state index in [1.165, 1.54) is 56.6 Å². The molecule has 2 N–H and O–H groups in total. The number of nitrogens with one attached hydrogen (secondary N) is 2. The SMILES string of the molecule is Cc1c(-c2[nH]c3sc(C4CCC(=[N+]5CC6(CCNC6=O)C5)CC4)c(C)c3c2C(C)C)cn2ncnc2c1C. The van der Waals surface area contributed by atoms with Crippen molar-refractivity contribution in [1.29, 1.82) is 0 Å². The zero-order valence-corrected chi connectivity index (χ0v) is 23.9. The summed E-state index contributed by atoms with van der Waals surface area (Å²) in [5.74, 6) is 1.30. The molecule has 1 spiro atoms. The topological polar surface area (TPSA) is 78.1 Å². The van der Waals surface area contributed by atoms with Gasteiger partial charge in [-0.2, -0.15) is 5.10 Å². The van der Waals surface area contributed by atoms with Gasteiger partial charge in [0.25, 0.3) is 0 Å². The lowest BCUT2D eigenvalue weighted by Crippen LogP contribution is -2.57. The highest BCUT2D eigenvalue weighted by Gasteiger charge is 2.57. The summed E-state index contributed by atoms with van der Waals surface area (Å²) < 4.78 is 4.41. The number of carbonyl (C=O) groups is 1. The zero-order valence-electron chi connectivity index (χ0n) is 23.1. The van der Waals surface area contributed by atoms with Crippen LogP contribution in [0.2, 0.25) is 0 Å². The third kappa shape index (κ3) is 3.38. The molecule has 38 heavy (non-hydrogen) atoms. The number of thiophene rings is 1. The number of hydrogen-bond acceptors (Lipinski definition) is 4. The van der Waals surface area contributed by atoms with Gasteiger partial charge in [-0.25, -0.2) is 14.1 Å². The van der Waals surface area contributed by atoms with Gasteiger partial charge in [0, 0.05) is 41.4 Å². The van der Waals surface area contributed by atoms with Gasteiger partial charge in [0.05, 0.1) is 5.69 Å². The lowest BCUT2D eigenvalue weighted by Gasteiger charge is -2.34. The minimum atomic E-state index is -0.0900. The lowest BCUT2D eigenvalue weighted by atomic mass is 9.77. The standard InChI is InChI=1S/C30H36N6OS/c1-16(2)23-24-19(5)26(20-6-8-21(9-7-20)35-13-30(14-35)10-11-31-29(30)37)38-28(24)34-25(23)22-12-36-27(32-15-33-36)18(4)17(22)3/h12,15-16,20,34H,6-11,13-14H2,1-5H3/p+1. The van der Waals surface area contributed by atoms with Crippen LogP contribution in [0.25, 0.3) is 27.1 Å². The molecule has 0 unspecified atom stereocenters. The van der Waals surface area contributed by atoms with Crippen molar-refractivity contribution in [2.24, 2.45) is 5.41 Å². The summed E-state index contributed by atoms with van der Waals surface area (Å²) in [6.07, 6.45) is 9.51. The molecule has 8 heteroatoms.